The summed E-state index contributed by atoms with van der Waals surface area (Å²) in [4.78, 5) is 67.8. The summed E-state index contributed by atoms with van der Waals surface area (Å²) in [5.41, 5.74) is 5.36. The highest BCUT2D eigenvalue weighted by molar-refractivity contribution is 6.21. The molecule has 1 aliphatic heterocycles. The Balaban J connectivity index is 1.86. The van der Waals surface area contributed by atoms with Crippen molar-refractivity contribution in [1.29, 1.82) is 0 Å². The topological polar surface area (TPSA) is 139 Å². The van der Waals surface area contributed by atoms with Gasteiger partial charge in [0.05, 0.1) is 11.1 Å². The van der Waals surface area contributed by atoms with Crippen LogP contribution in [-0.4, -0.2) is 45.3 Å². The molecule has 2 heterocycles. The van der Waals surface area contributed by atoms with E-state index in [2.05, 4.69) is 4.98 Å². The van der Waals surface area contributed by atoms with Crippen LogP contribution in [0, 0.1) is 0 Å². The lowest BCUT2D eigenvalue weighted by Crippen LogP contribution is -2.43. The first-order valence-corrected chi connectivity index (χ1v) is 11.2. The molecule has 0 saturated heterocycles. The van der Waals surface area contributed by atoms with E-state index in [1.165, 1.54) is 9.47 Å². The minimum absolute atomic E-state index is 0.0672. The standard InChI is InChI=1S/C23H29N5O5/c1-3-5-12-26(18-19(24)27(13-6-4-2)23(33)25-20(18)30)17(29)11-14-28-21(31)15-9-7-8-10-16(15)22(28)32/h7-10H,3-6,11-14,24H2,1-2H3,(H,25,30,33). The number of anilines is 2. The number of imide groups is 1. The minimum atomic E-state index is -0.740. The molecule has 2 aromatic rings. The molecule has 0 fully saturated rings. The zero-order valence-electron chi connectivity index (χ0n) is 18.9. The van der Waals surface area contributed by atoms with Gasteiger partial charge in [0.2, 0.25) is 5.91 Å². The number of benzene rings is 1. The van der Waals surface area contributed by atoms with E-state index in [1.807, 2.05) is 13.8 Å². The van der Waals surface area contributed by atoms with Crippen LogP contribution in [0.1, 0.15) is 66.7 Å². The average molecular weight is 456 g/mol. The number of hydrogen-bond donors (Lipinski definition) is 2. The van der Waals surface area contributed by atoms with E-state index in [1.54, 1.807) is 24.3 Å². The van der Waals surface area contributed by atoms with Gasteiger partial charge >= 0.3 is 5.69 Å². The Hall–Kier alpha value is -3.69. The molecule has 0 saturated carbocycles. The van der Waals surface area contributed by atoms with Crippen molar-refractivity contribution in [2.45, 2.75) is 52.5 Å². The highest BCUT2D eigenvalue weighted by atomic mass is 16.2. The summed E-state index contributed by atoms with van der Waals surface area (Å²) in [5.74, 6) is -1.43. The SMILES string of the molecule is CCCCN(C(=O)CCN1C(=O)c2ccccc2C1=O)c1c(N)n(CCCC)c(=O)[nH]c1=O. The second-order valence-corrected chi connectivity index (χ2v) is 7.95. The molecular weight excluding hydrogens is 426 g/mol. The van der Waals surface area contributed by atoms with Gasteiger partial charge in [-0.3, -0.25) is 33.6 Å². The molecule has 0 spiro atoms. The number of nitrogens with one attached hydrogen (secondary N) is 1. The Kier molecular flexibility index (Phi) is 7.47. The van der Waals surface area contributed by atoms with Crippen molar-refractivity contribution < 1.29 is 14.4 Å². The van der Waals surface area contributed by atoms with E-state index in [0.29, 0.717) is 30.5 Å². The van der Waals surface area contributed by atoms with E-state index >= 15 is 0 Å². The van der Waals surface area contributed by atoms with Crippen LogP contribution in [-0.2, 0) is 11.3 Å². The third kappa shape index (κ3) is 4.74. The molecule has 1 aromatic carbocycles. The second-order valence-electron chi connectivity index (χ2n) is 7.95. The Morgan fingerprint density at radius 2 is 1.58 bits per heavy atom. The quantitative estimate of drug-likeness (QED) is 0.523. The lowest BCUT2D eigenvalue weighted by molar-refractivity contribution is -0.118. The van der Waals surface area contributed by atoms with Crippen molar-refractivity contribution in [1.82, 2.24) is 14.5 Å². The fourth-order valence-corrected chi connectivity index (χ4v) is 3.84. The predicted octanol–water partition coefficient (Wildman–Crippen LogP) is 1.74. The lowest BCUT2D eigenvalue weighted by atomic mass is 10.1. The molecule has 0 bridgehead atoms. The largest absolute Gasteiger partial charge is 0.383 e. The number of nitrogens with zero attached hydrogens (tertiary/aromatic N) is 3. The van der Waals surface area contributed by atoms with E-state index in [4.69, 9.17) is 5.73 Å². The third-order valence-corrected chi connectivity index (χ3v) is 5.68. The molecule has 1 aromatic heterocycles. The van der Waals surface area contributed by atoms with E-state index in [-0.39, 0.29) is 31.0 Å². The highest BCUT2D eigenvalue weighted by Crippen LogP contribution is 2.24. The Morgan fingerprint density at radius 1 is 0.970 bits per heavy atom. The number of hydrogen-bond acceptors (Lipinski definition) is 6. The van der Waals surface area contributed by atoms with Gasteiger partial charge in [0.15, 0.2) is 5.69 Å². The summed E-state index contributed by atoms with van der Waals surface area (Å²) in [6.07, 6.45) is 2.68. The molecule has 33 heavy (non-hydrogen) atoms. The average Bonchev–Trinajstić information content (AvgIpc) is 3.04. The Morgan fingerprint density at radius 3 is 2.15 bits per heavy atom. The van der Waals surface area contributed by atoms with Crippen LogP contribution < -0.4 is 21.9 Å². The van der Waals surface area contributed by atoms with Gasteiger partial charge in [-0.05, 0) is 25.0 Å². The maximum atomic E-state index is 13.2. The van der Waals surface area contributed by atoms with Crippen molar-refractivity contribution in [2.24, 2.45) is 0 Å². The zero-order chi connectivity index (χ0) is 24.1. The lowest BCUT2D eigenvalue weighted by Gasteiger charge is -2.25. The zero-order valence-corrected chi connectivity index (χ0v) is 18.9. The van der Waals surface area contributed by atoms with Crippen LogP contribution in [0.5, 0.6) is 0 Å². The first kappa shape index (κ1) is 24.0. The van der Waals surface area contributed by atoms with Crippen LogP contribution in [0.4, 0.5) is 11.5 Å². The number of nitrogens with two attached hydrogens (primary N) is 1. The Bertz CT molecular complexity index is 1150. The number of H-pyrrole nitrogens is 1. The molecule has 10 nitrogen and oxygen atoms in total. The summed E-state index contributed by atoms with van der Waals surface area (Å²) in [5, 5.41) is 0. The van der Waals surface area contributed by atoms with E-state index < -0.39 is 29.0 Å². The van der Waals surface area contributed by atoms with Crippen molar-refractivity contribution in [2.75, 3.05) is 23.7 Å². The number of nitrogen functional groups attached to an aromatic ring is 1. The molecule has 10 heteroatoms. The van der Waals surface area contributed by atoms with Gasteiger partial charge in [-0.1, -0.05) is 38.8 Å². The minimum Gasteiger partial charge on any atom is -0.383 e. The number of fused-ring (bicyclic) bond motifs is 1. The van der Waals surface area contributed by atoms with Crippen LogP contribution in [0.25, 0.3) is 0 Å². The normalized spacial score (nSPS) is 12.8. The number of aromatic amines is 1. The van der Waals surface area contributed by atoms with Gasteiger partial charge in [-0.25, -0.2) is 4.79 Å². The molecular formula is C23H29N5O5. The van der Waals surface area contributed by atoms with E-state index in [9.17, 15) is 24.0 Å². The highest BCUT2D eigenvalue weighted by Gasteiger charge is 2.35. The van der Waals surface area contributed by atoms with Gasteiger partial charge in [-0.2, -0.15) is 0 Å². The van der Waals surface area contributed by atoms with Crippen LogP contribution in [0.15, 0.2) is 33.9 Å². The van der Waals surface area contributed by atoms with Crippen LogP contribution in [0.2, 0.25) is 0 Å². The third-order valence-electron chi connectivity index (χ3n) is 5.68. The molecule has 176 valence electrons. The summed E-state index contributed by atoms with van der Waals surface area (Å²) >= 11 is 0. The summed E-state index contributed by atoms with van der Waals surface area (Å²) in [7, 11) is 0. The van der Waals surface area contributed by atoms with Crippen LogP contribution in [0.3, 0.4) is 0 Å². The molecule has 3 N–H and O–H groups in total. The first-order chi connectivity index (χ1) is 15.8. The van der Waals surface area contributed by atoms with Gasteiger partial charge in [0, 0.05) is 26.1 Å². The molecule has 0 aliphatic carbocycles. The number of carbonyl (C=O) groups is 3. The number of aromatic nitrogens is 2. The van der Waals surface area contributed by atoms with Crippen molar-refractivity contribution in [3.05, 3.63) is 56.2 Å². The summed E-state index contributed by atoms with van der Waals surface area (Å²) in [6, 6.07) is 6.50. The monoisotopic (exact) mass is 455 g/mol. The molecule has 3 rings (SSSR count). The number of unbranched alkanes of at least 4 members (excludes halogenated alkanes) is 2. The molecule has 0 unspecified atom stereocenters. The number of carbonyl (C=O) groups excluding carboxylic acids is 3. The first-order valence-electron chi connectivity index (χ1n) is 11.2. The maximum Gasteiger partial charge on any atom is 0.330 e. The molecule has 0 atom stereocenters. The smallest absolute Gasteiger partial charge is 0.330 e. The number of rotatable bonds is 10. The van der Waals surface area contributed by atoms with E-state index in [0.717, 1.165) is 17.7 Å². The predicted molar refractivity (Wildman–Crippen MR) is 124 cm³/mol. The van der Waals surface area contributed by atoms with Crippen LogP contribution >= 0.6 is 0 Å². The van der Waals surface area contributed by atoms with Crippen molar-refractivity contribution in [3.8, 4) is 0 Å². The van der Waals surface area contributed by atoms with Gasteiger partial charge in [0.1, 0.15) is 5.82 Å². The summed E-state index contributed by atoms with van der Waals surface area (Å²) < 4.78 is 1.26. The number of amides is 3. The molecule has 1 aliphatic rings. The maximum absolute atomic E-state index is 13.2. The summed E-state index contributed by atoms with van der Waals surface area (Å²) in [6.45, 7) is 4.31. The van der Waals surface area contributed by atoms with Crippen molar-refractivity contribution >= 4 is 29.2 Å². The second kappa shape index (κ2) is 10.3. The fraction of sp³-hybridized carbons (Fsp3) is 0.435. The fourth-order valence-electron chi connectivity index (χ4n) is 3.84. The van der Waals surface area contributed by atoms with Crippen molar-refractivity contribution in [3.63, 3.8) is 0 Å². The van der Waals surface area contributed by atoms with Gasteiger partial charge in [-0.15, -0.1) is 0 Å². The Labute approximate surface area is 191 Å². The molecule has 0 radical (unpaired) electrons. The van der Waals surface area contributed by atoms with Gasteiger partial charge in [0.25, 0.3) is 17.4 Å². The van der Waals surface area contributed by atoms with Gasteiger partial charge < -0.3 is 10.6 Å². The molecule has 3 amide bonds.